The van der Waals surface area contributed by atoms with Crippen LogP contribution in [0.1, 0.15) is 116 Å². The molecule has 0 fully saturated rings. The van der Waals surface area contributed by atoms with Crippen LogP contribution in [0.4, 0.5) is 0 Å². The summed E-state index contributed by atoms with van der Waals surface area (Å²) in [7, 11) is 0. The molecule has 0 radical (unpaired) electrons. The van der Waals surface area contributed by atoms with E-state index in [1.165, 1.54) is 5.56 Å². The second-order valence-electron chi connectivity index (χ2n) is 13.1. The van der Waals surface area contributed by atoms with E-state index in [9.17, 15) is 15.0 Å². The zero-order chi connectivity index (χ0) is 25.7. The van der Waals surface area contributed by atoms with Gasteiger partial charge in [-0.25, -0.2) is 4.79 Å². The average Bonchev–Trinajstić information content (AvgIpc) is 2.57. The molecule has 0 aromatic heterocycles. The van der Waals surface area contributed by atoms with Gasteiger partial charge in [0.1, 0.15) is 22.8 Å². The third kappa shape index (κ3) is 5.72. The normalized spacial score (nSPS) is 13.2. The van der Waals surface area contributed by atoms with Gasteiger partial charge in [0.15, 0.2) is 0 Å². The SMILES string of the molecule is CC(C)(C)c1ccc(Oc2c(C(=O)O)cc(C(C)(C)C)c(O)c2C(C)(C)C)c(C(C)(C)C)c1. The third-order valence-corrected chi connectivity index (χ3v) is 5.91. The van der Waals surface area contributed by atoms with E-state index in [1.54, 1.807) is 6.07 Å². The van der Waals surface area contributed by atoms with Crippen molar-refractivity contribution in [2.45, 2.75) is 105 Å². The monoisotopic (exact) mass is 454 g/mol. The van der Waals surface area contributed by atoms with Crippen LogP contribution in [-0.2, 0) is 21.7 Å². The average molecular weight is 455 g/mol. The fourth-order valence-electron chi connectivity index (χ4n) is 3.97. The molecule has 0 bridgehead atoms. The predicted molar refractivity (Wildman–Crippen MR) is 136 cm³/mol. The summed E-state index contributed by atoms with van der Waals surface area (Å²) in [6, 6.07) is 7.66. The van der Waals surface area contributed by atoms with Gasteiger partial charge in [-0.2, -0.15) is 0 Å². The summed E-state index contributed by atoms with van der Waals surface area (Å²) in [5.74, 6) is -0.177. The van der Waals surface area contributed by atoms with Crippen LogP contribution in [-0.4, -0.2) is 16.2 Å². The summed E-state index contributed by atoms with van der Waals surface area (Å²) in [5.41, 5.74) is 2.09. The number of rotatable bonds is 3. The number of hydrogen-bond acceptors (Lipinski definition) is 3. The minimum atomic E-state index is -1.08. The maximum atomic E-state index is 12.4. The van der Waals surface area contributed by atoms with Crippen molar-refractivity contribution in [3.05, 3.63) is 52.1 Å². The Morgan fingerprint density at radius 1 is 0.727 bits per heavy atom. The van der Waals surface area contributed by atoms with E-state index in [4.69, 9.17) is 4.74 Å². The minimum Gasteiger partial charge on any atom is -0.507 e. The van der Waals surface area contributed by atoms with Crippen LogP contribution in [0, 0.1) is 0 Å². The first-order valence-electron chi connectivity index (χ1n) is 11.6. The van der Waals surface area contributed by atoms with Gasteiger partial charge in [0, 0.05) is 16.7 Å². The highest BCUT2D eigenvalue weighted by Gasteiger charge is 2.34. The number of carboxylic acids is 1. The van der Waals surface area contributed by atoms with Crippen molar-refractivity contribution in [3.63, 3.8) is 0 Å². The van der Waals surface area contributed by atoms with Crippen molar-refractivity contribution in [1.82, 2.24) is 0 Å². The van der Waals surface area contributed by atoms with E-state index in [0.29, 0.717) is 16.9 Å². The molecule has 4 nitrogen and oxygen atoms in total. The van der Waals surface area contributed by atoms with Crippen LogP contribution in [0.5, 0.6) is 17.2 Å². The molecule has 0 unspecified atom stereocenters. The maximum Gasteiger partial charge on any atom is 0.339 e. The first-order chi connectivity index (χ1) is 14.7. The van der Waals surface area contributed by atoms with E-state index in [2.05, 4.69) is 47.6 Å². The first kappa shape index (κ1) is 26.8. The molecule has 2 N–H and O–H groups in total. The van der Waals surface area contributed by atoms with Crippen LogP contribution in [0.15, 0.2) is 24.3 Å². The summed E-state index contributed by atoms with van der Waals surface area (Å²) in [4.78, 5) is 12.4. The molecule has 0 heterocycles. The maximum absolute atomic E-state index is 12.4. The lowest BCUT2D eigenvalue weighted by atomic mass is 9.77. The largest absolute Gasteiger partial charge is 0.507 e. The van der Waals surface area contributed by atoms with E-state index in [1.807, 2.05) is 53.7 Å². The summed E-state index contributed by atoms with van der Waals surface area (Å²) in [6.45, 7) is 24.6. The summed E-state index contributed by atoms with van der Waals surface area (Å²) < 4.78 is 6.46. The van der Waals surface area contributed by atoms with E-state index in [0.717, 1.165) is 5.56 Å². The lowest BCUT2D eigenvalue weighted by Gasteiger charge is -2.31. The van der Waals surface area contributed by atoms with Gasteiger partial charge >= 0.3 is 5.97 Å². The van der Waals surface area contributed by atoms with Gasteiger partial charge in [-0.3, -0.25) is 0 Å². The third-order valence-electron chi connectivity index (χ3n) is 5.91. The molecule has 0 aliphatic carbocycles. The van der Waals surface area contributed by atoms with Crippen molar-refractivity contribution in [2.24, 2.45) is 0 Å². The number of benzene rings is 2. The van der Waals surface area contributed by atoms with Crippen LogP contribution < -0.4 is 4.74 Å². The molecule has 0 saturated heterocycles. The van der Waals surface area contributed by atoms with Crippen LogP contribution in [0.25, 0.3) is 0 Å². The van der Waals surface area contributed by atoms with E-state index in [-0.39, 0.29) is 27.9 Å². The molecule has 0 spiro atoms. The lowest BCUT2D eigenvalue weighted by molar-refractivity contribution is 0.0693. The molecule has 0 atom stereocenters. The fraction of sp³-hybridized carbons (Fsp3) is 0.552. The molecule has 2 rings (SSSR count). The molecule has 0 saturated carbocycles. The topological polar surface area (TPSA) is 66.8 Å². The Labute approximate surface area is 200 Å². The quantitative estimate of drug-likeness (QED) is 0.492. The number of ether oxygens (including phenoxy) is 1. The molecule has 2 aromatic rings. The highest BCUT2D eigenvalue weighted by molar-refractivity contribution is 5.93. The number of phenols is 1. The summed E-state index contributed by atoms with van der Waals surface area (Å²) in [5, 5.41) is 21.5. The molecular formula is C29H42O4. The van der Waals surface area contributed by atoms with Crippen molar-refractivity contribution < 1.29 is 19.7 Å². The fourth-order valence-corrected chi connectivity index (χ4v) is 3.97. The zero-order valence-electron chi connectivity index (χ0n) is 22.5. The highest BCUT2D eigenvalue weighted by atomic mass is 16.5. The Bertz CT molecular complexity index is 1050. The second kappa shape index (κ2) is 8.38. The first-order valence-corrected chi connectivity index (χ1v) is 11.6. The van der Waals surface area contributed by atoms with Gasteiger partial charge in [0.05, 0.1) is 0 Å². The molecule has 2 aromatic carbocycles. The van der Waals surface area contributed by atoms with Gasteiger partial charge in [-0.1, -0.05) is 95.2 Å². The van der Waals surface area contributed by atoms with Gasteiger partial charge in [0.25, 0.3) is 0 Å². The molecule has 4 heteroatoms. The Morgan fingerprint density at radius 2 is 1.24 bits per heavy atom. The molecular weight excluding hydrogens is 412 g/mol. The lowest BCUT2D eigenvalue weighted by Crippen LogP contribution is -2.21. The van der Waals surface area contributed by atoms with Crippen LogP contribution in [0.3, 0.4) is 0 Å². The van der Waals surface area contributed by atoms with Crippen molar-refractivity contribution >= 4 is 5.97 Å². The van der Waals surface area contributed by atoms with Crippen molar-refractivity contribution in [1.29, 1.82) is 0 Å². The number of aromatic carboxylic acids is 1. The highest BCUT2D eigenvalue weighted by Crippen LogP contribution is 2.48. The smallest absolute Gasteiger partial charge is 0.339 e. The number of aromatic hydroxyl groups is 1. The van der Waals surface area contributed by atoms with Crippen molar-refractivity contribution in [2.75, 3.05) is 0 Å². The standard InChI is InChI=1S/C29H42O4/c1-26(2,3)17-13-14-21(19(15-17)27(4,5)6)33-24-18(25(31)32)16-20(28(7,8)9)23(30)22(24)29(10,11)12/h13-16,30H,1-12H3,(H,31,32). The molecule has 182 valence electrons. The molecule has 0 aliphatic rings. The second-order valence-corrected chi connectivity index (χ2v) is 13.1. The van der Waals surface area contributed by atoms with Gasteiger partial charge in [-0.15, -0.1) is 0 Å². The number of carbonyl (C=O) groups is 1. The zero-order valence-corrected chi connectivity index (χ0v) is 22.5. The van der Waals surface area contributed by atoms with Gasteiger partial charge < -0.3 is 14.9 Å². The Balaban J connectivity index is 2.92. The van der Waals surface area contributed by atoms with E-state index < -0.39 is 16.8 Å². The van der Waals surface area contributed by atoms with E-state index >= 15 is 0 Å². The van der Waals surface area contributed by atoms with Gasteiger partial charge in [0.2, 0.25) is 0 Å². The van der Waals surface area contributed by atoms with Gasteiger partial charge in [-0.05, 0) is 39.4 Å². The Morgan fingerprint density at radius 3 is 1.64 bits per heavy atom. The number of phenolic OH excluding ortho intramolecular Hbond substituents is 1. The summed E-state index contributed by atoms with van der Waals surface area (Å²) >= 11 is 0. The number of carboxylic acid groups (broad SMARTS) is 1. The minimum absolute atomic E-state index is 0.0338. The number of hydrogen-bond donors (Lipinski definition) is 2. The van der Waals surface area contributed by atoms with Crippen LogP contribution in [0.2, 0.25) is 0 Å². The van der Waals surface area contributed by atoms with Crippen LogP contribution >= 0.6 is 0 Å². The molecule has 0 aliphatic heterocycles. The van der Waals surface area contributed by atoms with Crippen molar-refractivity contribution in [3.8, 4) is 17.2 Å². The summed E-state index contributed by atoms with van der Waals surface area (Å²) in [6.07, 6.45) is 0. The molecule has 33 heavy (non-hydrogen) atoms. The Kier molecular flexibility index (Phi) is 6.79. The molecule has 0 amide bonds. The Hall–Kier alpha value is -2.49. The predicted octanol–water partition coefficient (Wildman–Crippen LogP) is 8.07.